The molecule has 2 aliphatic heterocycles. The molecular formula is C16H14Cl2O5. The molecule has 7 heteroatoms. The standard InChI is InChI=1S/C16H14Cl2O5/c1-21-14(19)12-11-5-6-16(23-11,13(12)15(20)22-2)9-4-3-8(17)7-10(9)18/h3-4,7,11H,5-6H2,1-2H3. The topological polar surface area (TPSA) is 61.8 Å². The molecule has 2 heterocycles. The van der Waals surface area contributed by atoms with Crippen molar-refractivity contribution in [2.45, 2.75) is 24.5 Å². The second kappa shape index (κ2) is 5.82. The third-order valence-electron chi connectivity index (χ3n) is 4.26. The predicted molar refractivity (Wildman–Crippen MR) is 83.3 cm³/mol. The summed E-state index contributed by atoms with van der Waals surface area (Å²) in [5, 5.41) is 0.838. The van der Waals surface area contributed by atoms with Crippen LogP contribution in [0.25, 0.3) is 0 Å². The SMILES string of the molecule is COC(=O)C1=C(C(=O)OC)C2(c3ccc(Cl)cc3Cl)CCC1O2. The lowest BCUT2D eigenvalue weighted by Gasteiger charge is -2.29. The molecule has 3 rings (SSSR count). The van der Waals surface area contributed by atoms with Gasteiger partial charge in [0.1, 0.15) is 5.60 Å². The molecule has 0 radical (unpaired) electrons. The van der Waals surface area contributed by atoms with Crippen LogP contribution in [0.5, 0.6) is 0 Å². The highest BCUT2D eigenvalue weighted by Gasteiger charge is 2.58. The maximum absolute atomic E-state index is 12.4. The average molecular weight is 357 g/mol. The molecule has 2 bridgehead atoms. The quantitative estimate of drug-likeness (QED) is 0.779. The Hall–Kier alpha value is -1.56. The van der Waals surface area contributed by atoms with Crippen LogP contribution in [0.2, 0.25) is 10.0 Å². The van der Waals surface area contributed by atoms with Gasteiger partial charge >= 0.3 is 11.9 Å². The van der Waals surface area contributed by atoms with Gasteiger partial charge in [0, 0.05) is 15.6 Å². The molecule has 1 aromatic rings. The van der Waals surface area contributed by atoms with E-state index in [9.17, 15) is 9.59 Å². The Kier molecular flexibility index (Phi) is 4.12. The largest absolute Gasteiger partial charge is 0.466 e. The lowest BCUT2D eigenvalue weighted by molar-refractivity contribution is -0.140. The number of halogens is 2. The van der Waals surface area contributed by atoms with Crippen LogP contribution in [-0.2, 0) is 29.4 Å². The molecule has 0 N–H and O–H groups in total. The zero-order valence-corrected chi connectivity index (χ0v) is 14.0. The number of fused-ring (bicyclic) bond motifs is 2. The fourth-order valence-electron chi connectivity index (χ4n) is 3.33. The molecule has 0 spiro atoms. The molecule has 122 valence electrons. The summed E-state index contributed by atoms with van der Waals surface area (Å²) in [6.07, 6.45) is 0.594. The molecule has 2 unspecified atom stereocenters. The first-order valence-corrected chi connectivity index (χ1v) is 7.75. The molecule has 2 atom stereocenters. The summed E-state index contributed by atoms with van der Waals surface area (Å²) in [5.74, 6) is -1.22. The van der Waals surface area contributed by atoms with E-state index in [4.69, 9.17) is 37.4 Å². The number of ether oxygens (including phenoxy) is 3. The summed E-state index contributed by atoms with van der Waals surface area (Å²) in [5.41, 5.74) is -0.155. The van der Waals surface area contributed by atoms with Crippen molar-refractivity contribution in [2.24, 2.45) is 0 Å². The molecule has 1 saturated heterocycles. The van der Waals surface area contributed by atoms with Gasteiger partial charge in [0.05, 0.1) is 31.5 Å². The van der Waals surface area contributed by atoms with Gasteiger partial charge in [-0.2, -0.15) is 0 Å². The van der Waals surface area contributed by atoms with Crippen molar-refractivity contribution in [3.8, 4) is 0 Å². The van der Waals surface area contributed by atoms with E-state index in [2.05, 4.69) is 0 Å². The van der Waals surface area contributed by atoms with Crippen LogP contribution < -0.4 is 0 Å². The second-order valence-electron chi connectivity index (χ2n) is 5.37. The van der Waals surface area contributed by atoms with Crippen molar-refractivity contribution < 1.29 is 23.8 Å². The molecule has 0 aromatic heterocycles. The normalized spacial score (nSPS) is 25.7. The van der Waals surface area contributed by atoms with Gasteiger partial charge in [-0.25, -0.2) is 9.59 Å². The summed E-state index contributed by atoms with van der Waals surface area (Å²) in [6.45, 7) is 0. The summed E-state index contributed by atoms with van der Waals surface area (Å²) in [7, 11) is 2.52. The van der Waals surface area contributed by atoms with Gasteiger partial charge in [-0.1, -0.05) is 29.3 Å². The average Bonchev–Trinajstić information content (AvgIpc) is 3.10. The molecule has 23 heavy (non-hydrogen) atoms. The number of methoxy groups -OCH3 is 2. The fourth-order valence-corrected chi connectivity index (χ4v) is 3.89. The van der Waals surface area contributed by atoms with Crippen LogP contribution in [0.4, 0.5) is 0 Å². The van der Waals surface area contributed by atoms with Gasteiger partial charge in [-0.15, -0.1) is 0 Å². The minimum atomic E-state index is -1.11. The van der Waals surface area contributed by atoms with Crippen molar-refractivity contribution in [3.63, 3.8) is 0 Å². The maximum atomic E-state index is 12.4. The number of rotatable bonds is 3. The van der Waals surface area contributed by atoms with Gasteiger partial charge in [-0.3, -0.25) is 0 Å². The summed E-state index contributed by atoms with van der Waals surface area (Å²) in [4.78, 5) is 24.5. The summed E-state index contributed by atoms with van der Waals surface area (Å²) in [6, 6.07) is 4.95. The molecular weight excluding hydrogens is 343 g/mol. The van der Waals surface area contributed by atoms with Gasteiger partial charge in [-0.05, 0) is 25.0 Å². The van der Waals surface area contributed by atoms with E-state index in [0.29, 0.717) is 28.5 Å². The number of hydrogen-bond donors (Lipinski definition) is 0. The number of carbonyl (C=O) groups excluding carboxylic acids is 2. The Morgan fingerprint density at radius 1 is 1.22 bits per heavy atom. The van der Waals surface area contributed by atoms with E-state index in [1.165, 1.54) is 14.2 Å². The zero-order valence-electron chi connectivity index (χ0n) is 12.5. The number of hydrogen-bond acceptors (Lipinski definition) is 5. The van der Waals surface area contributed by atoms with Crippen LogP contribution in [-0.4, -0.2) is 32.3 Å². The maximum Gasteiger partial charge on any atom is 0.337 e. The third kappa shape index (κ3) is 2.35. The number of esters is 2. The second-order valence-corrected chi connectivity index (χ2v) is 6.21. The Bertz CT molecular complexity index is 727. The van der Waals surface area contributed by atoms with E-state index in [1.54, 1.807) is 18.2 Å². The van der Waals surface area contributed by atoms with E-state index in [0.717, 1.165) is 0 Å². The summed E-state index contributed by atoms with van der Waals surface area (Å²) < 4.78 is 15.7. The van der Waals surface area contributed by atoms with Gasteiger partial charge in [0.15, 0.2) is 0 Å². The molecule has 5 nitrogen and oxygen atoms in total. The Labute approximate surface area is 143 Å². The van der Waals surface area contributed by atoms with Gasteiger partial charge in [0.2, 0.25) is 0 Å². The van der Waals surface area contributed by atoms with Crippen molar-refractivity contribution in [1.82, 2.24) is 0 Å². The lowest BCUT2D eigenvalue weighted by atomic mass is 9.77. The molecule has 1 fully saturated rings. The Morgan fingerprint density at radius 3 is 2.52 bits per heavy atom. The minimum Gasteiger partial charge on any atom is -0.466 e. The first-order chi connectivity index (χ1) is 10.9. The van der Waals surface area contributed by atoms with E-state index in [-0.39, 0.29) is 11.1 Å². The molecule has 1 aromatic carbocycles. The van der Waals surface area contributed by atoms with E-state index < -0.39 is 23.6 Å². The van der Waals surface area contributed by atoms with Gasteiger partial charge in [0.25, 0.3) is 0 Å². The minimum absolute atomic E-state index is 0.160. The van der Waals surface area contributed by atoms with Crippen molar-refractivity contribution in [3.05, 3.63) is 45.0 Å². The molecule has 2 aliphatic rings. The summed E-state index contributed by atoms with van der Waals surface area (Å²) >= 11 is 12.3. The smallest absolute Gasteiger partial charge is 0.337 e. The molecule has 0 aliphatic carbocycles. The number of benzene rings is 1. The van der Waals surface area contributed by atoms with Crippen LogP contribution >= 0.6 is 23.2 Å². The van der Waals surface area contributed by atoms with Crippen LogP contribution in [0.1, 0.15) is 18.4 Å². The molecule has 0 saturated carbocycles. The predicted octanol–water partition coefficient (Wildman–Crippen LogP) is 3.02. The van der Waals surface area contributed by atoms with E-state index in [1.807, 2.05) is 0 Å². The van der Waals surface area contributed by atoms with Crippen LogP contribution in [0.3, 0.4) is 0 Å². The van der Waals surface area contributed by atoms with Gasteiger partial charge < -0.3 is 14.2 Å². The van der Waals surface area contributed by atoms with Crippen LogP contribution in [0, 0.1) is 0 Å². The van der Waals surface area contributed by atoms with Crippen LogP contribution in [0.15, 0.2) is 29.3 Å². The van der Waals surface area contributed by atoms with Crippen molar-refractivity contribution >= 4 is 35.1 Å². The monoisotopic (exact) mass is 356 g/mol. The van der Waals surface area contributed by atoms with E-state index >= 15 is 0 Å². The highest BCUT2D eigenvalue weighted by molar-refractivity contribution is 6.35. The molecule has 0 amide bonds. The van der Waals surface area contributed by atoms with Crippen molar-refractivity contribution in [2.75, 3.05) is 14.2 Å². The van der Waals surface area contributed by atoms with Crippen molar-refractivity contribution in [1.29, 1.82) is 0 Å². The Morgan fingerprint density at radius 2 is 1.91 bits per heavy atom. The fraction of sp³-hybridized carbons (Fsp3) is 0.375. The first-order valence-electron chi connectivity index (χ1n) is 6.99. The highest BCUT2D eigenvalue weighted by Crippen LogP contribution is 2.55. The first kappa shape index (κ1) is 16.3. The lowest BCUT2D eigenvalue weighted by Crippen LogP contribution is -2.32. The Balaban J connectivity index is 2.23. The third-order valence-corrected chi connectivity index (χ3v) is 4.81. The zero-order chi connectivity index (χ0) is 16.8. The highest BCUT2D eigenvalue weighted by atomic mass is 35.5. The number of carbonyl (C=O) groups is 2.